The van der Waals surface area contributed by atoms with E-state index >= 15 is 0 Å². The predicted octanol–water partition coefficient (Wildman–Crippen LogP) is 5.18. The number of ether oxygens (including phenoxy) is 2. The summed E-state index contributed by atoms with van der Waals surface area (Å²) < 4.78 is 12.8. The second-order valence-corrected chi connectivity index (χ2v) is 8.54. The van der Waals surface area contributed by atoms with Crippen LogP contribution in [0, 0.1) is 0 Å². The summed E-state index contributed by atoms with van der Waals surface area (Å²) in [4.78, 5) is 13.6. The van der Waals surface area contributed by atoms with E-state index in [-0.39, 0.29) is 5.91 Å². The van der Waals surface area contributed by atoms with Crippen molar-refractivity contribution < 1.29 is 14.3 Å². The molecule has 5 nitrogen and oxygen atoms in total. The molecule has 0 atom stereocenters. The zero-order valence-electron chi connectivity index (χ0n) is 17.3. The number of rotatable bonds is 11. The molecule has 30 heavy (non-hydrogen) atoms. The van der Waals surface area contributed by atoms with Crippen molar-refractivity contribution in [3.8, 4) is 11.5 Å². The normalized spacial score (nSPS) is 13.7. The van der Waals surface area contributed by atoms with Crippen LogP contribution in [0.5, 0.6) is 11.5 Å². The first-order valence-electron chi connectivity index (χ1n) is 10.4. The number of carbonyl (C=O) groups is 1. The Balaban J connectivity index is 1.53. The molecule has 1 heterocycles. The van der Waals surface area contributed by atoms with Crippen molar-refractivity contribution in [2.45, 2.75) is 39.3 Å². The Kier molecular flexibility index (Phi) is 8.85. The molecule has 162 valence electrons. The second-order valence-electron chi connectivity index (χ2n) is 7.25. The fourth-order valence-corrected chi connectivity index (χ4v) is 3.98. The van der Waals surface area contributed by atoms with Gasteiger partial charge in [0.15, 0.2) is 11.5 Å². The number of amides is 1. The SMILES string of the molecule is CCOc1cc(CNCCCN2CCCC2=O)c(Br)cc1OCc1ccc(Cl)cc1. The van der Waals surface area contributed by atoms with Crippen LogP contribution in [0.25, 0.3) is 0 Å². The maximum Gasteiger partial charge on any atom is 0.222 e. The Morgan fingerprint density at radius 2 is 1.93 bits per heavy atom. The van der Waals surface area contributed by atoms with Crippen molar-refractivity contribution in [1.82, 2.24) is 10.2 Å². The lowest BCUT2D eigenvalue weighted by atomic mass is 10.2. The molecule has 0 radical (unpaired) electrons. The van der Waals surface area contributed by atoms with Crippen molar-refractivity contribution in [1.29, 1.82) is 0 Å². The van der Waals surface area contributed by atoms with E-state index in [1.165, 1.54) is 0 Å². The Morgan fingerprint density at radius 3 is 2.63 bits per heavy atom. The van der Waals surface area contributed by atoms with Crippen LogP contribution in [0.15, 0.2) is 40.9 Å². The Labute approximate surface area is 191 Å². The fourth-order valence-electron chi connectivity index (χ4n) is 3.39. The molecule has 1 N–H and O–H groups in total. The summed E-state index contributed by atoms with van der Waals surface area (Å²) in [5.41, 5.74) is 2.15. The van der Waals surface area contributed by atoms with E-state index in [1.54, 1.807) is 0 Å². The minimum Gasteiger partial charge on any atom is -0.490 e. The van der Waals surface area contributed by atoms with Gasteiger partial charge in [-0.25, -0.2) is 0 Å². The predicted molar refractivity (Wildman–Crippen MR) is 123 cm³/mol. The molecule has 1 saturated heterocycles. The number of carbonyl (C=O) groups excluding carboxylic acids is 1. The minimum atomic E-state index is 0.285. The van der Waals surface area contributed by atoms with E-state index in [9.17, 15) is 4.79 Å². The average molecular weight is 496 g/mol. The van der Waals surface area contributed by atoms with Crippen molar-refractivity contribution in [3.63, 3.8) is 0 Å². The monoisotopic (exact) mass is 494 g/mol. The summed E-state index contributed by atoms with van der Waals surface area (Å²) in [6.45, 7) is 6.27. The quantitative estimate of drug-likeness (QED) is 0.436. The molecule has 0 aliphatic carbocycles. The van der Waals surface area contributed by atoms with Crippen LogP contribution in [0.3, 0.4) is 0 Å². The van der Waals surface area contributed by atoms with Gasteiger partial charge in [-0.15, -0.1) is 0 Å². The van der Waals surface area contributed by atoms with Gasteiger partial charge in [0, 0.05) is 35.6 Å². The molecule has 3 rings (SSSR count). The van der Waals surface area contributed by atoms with Gasteiger partial charge in [0.05, 0.1) is 6.61 Å². The van der Waals surface area contributed by atoms with E-state index in [0.29, 0.717) is 37.0 Å². The van der Waals surface area contributed by atoms with E-state index in [0.717, 1.165) is 53.8 Å². The van der Waals surface area contributed by atoms with Crippen LogP contribution in [0.1, 0.15) is 37.3 Å². The number of hydrogen-bond acceptors (Lipinski definition) is 4. The number of nitrogens with zero attached hydrogens (tertiary/aromatic N) is 1. The number of hydrogen-bond donors (Lipinski definition) is 1. The van der Waals surface area contributed by atoms with E-state index in [2.05, 4.69) is 21.2 Å². The van der Waals surface area contributed by atoms with Crippen LogP contribution in [-0.2, 0) is 17.9 Å². The zero-order valence-corrected chi connectivity index (χ0v) is 19.6. The summed E-state index contributed by atoms with van der Waals surface area (Å²) in [5, 5.41) is 4.17. The highest BCUT2D eigenvalue weighted by atomic mass is 79.9. The van der Waals surface area contributed by atoms with E-state index < -0.39 is 0 Å². The van der Waals surface area contributed by atoms with Crippen LogP contribution in [0.2, 0.25) is 5.02 Å². The van der Waals surface area contributed by atoms with Gasteiger partial charge in [-0.3, -0.25) is 4.79 Å². The van der Waals surface area contributed by atoms with Crippen LogP contribution in [0.4, 0.5) is 0 Å². The van der Waals surface area contributed by atoms with Gasteiger partial charge in [-0.05, 0) is 61.7 Å². The number of benzene rings is 2. The first kappa shape index (κ1) is 22.9. The van der Waals surface area contributed by atoms with Crippen molar-refractivity contribution in [3.05, 3.63) is 57.0 Å². The standard InChI is InChI=1S/C23H28BrClN2O3/c1-2-29-21-13-18(15-26-10-4-12-27-11-3-5-23(27)28)20(24)14-22(21)30-16-17-6-8-19(25)9-7-17/h6-9,13-14,26H,2-5,10-12,15-16H2,1H3. The van der Waals surface area contributed by atoms with Gasteiger partial charge in [0.1, 0.15) is 6.61 Å². The van der Waals surface area contributed by atoms with Gasteiger partial charge in [-0.1, -0.05) is 39.7 Å². The van der Waals surface area contributed by atoms with Gasteiger partial charge < -0.3 is 19.7 Å². The van der Waals surface area contributed by atoms with Gasteiger partial charge >= 0.3 is 0 Å². The summed E-state index contributed by atoms with van der Waals surface area (Å²) in [5.74, 6) is 1.72. The number of likely N-dealkylation sites (tertiary alicyclic amines) is 1. The molecule has 1 amide bonds. The summed E-state index contributed by atoms with van der Waals surface area (Å²) in [6, 6.07) is 11.6. The number of halogens is 2. The summed E-state index contributed by atoms with van der Waals surface area (Å²) >= 11 is 9.60. The summed E-state index contributed by atoms with van der Waals surface area (Å²) in [6.07, 6.45) is 2.64. The third-order valence-corrected chi connectivity index (χ3v) is 5.98. The van der Waals surface area contributed by atoms with Crippen LogP contribution in [-0.4, -0.2) is 37.0 Å². The molecule has 1 fully saturated rings. The first-order chi connectivity index (χ1) is 14.6. The minimum absolute atomic E-state index is 0.285. The molecule has 2 aromatic carbocycles. The van der Waals surface area contributed by atoms with E-state index in [1.807, 2.05) is 48.2 Å². The lowest BCUT2D eigenvalue weighted by Crippen LogP contribution is -2.28. The molecule has 1 aliphatic heterocycles. The molecule has 0 unspecified atom stereocenters. The van der Waals surface area contributed by atoms with Crippen molar-refractivity contribution in [2.75, 3.05) is 26.2 Å². The zero-order chi connectivity index (χ0) is 21.3. The first-order valence-corrected chi connectivity index (χ1v) is 11.5. The van der Waals surface area contributed by atoms with Gasteiger partial charge in [0.2, 0.25) is 5.91 Å². The third kappa shape index (κ3) is 6.62. The maximum absolute atomic E-state index is 11.7. The maximum atomic E-state index is 11.7. The molecule has 7 heteroatoms. The van der Waals surface area contributed by atoms with Gasteiger partial charge in [0.25, 0.3) is 0 Å². The molecular weight excluding hydrogens is 468 g/mol. The van der Waals surface area contributed by atoms with Crippen LogP contribution < -0.4 is 14.8 Å². The largest absolute Gasteiger partial charge is 0.490 e. The van der Waals surface area contributed by atoms with Crippen LogP contribution >= 0.6 is 27.5 Å². The highest BCUT2D eigenvalue weighted by molar-refractivity contribution is 9.10. The Morgan fingerprint density at radius 1 is 1.17 bits per heavy atom. The lowest BCUT2D eigenvalue weighted by molar-refractivity contribution is -0.127. The van der Waals surface area contributed by atoms with Gasteiger partial charge in [-0.2, -0.15) is 0 Å². The smallest absolute Gasteiger partial charge is 0.222 e. The highest BCUT2D eigenvalue weighted by Crippen LogP contribution is 2.34. The molecular formula is C23H28BrClN2O3. The topological polar surface area (TPSA) is 50.8 Å². The van der Waals surface area contributed by atoms with Crippen molar-refractivity contribution in [2.24, 2.45) is 0 Å². The van der Waals surface area contributed by atoms with Crippen molar-refractivity contribution >= 4 is 33.4 Å². The Bertz CT molecular complexity index is 845. The Hall–Kier alpha value is -1.76. The second kappa shape index (κ2) is 11.6. The molecule has 1 aliphatic rings. The lowest BCUT2D eigenvalue weighted by Gasteiger charge is -2.17. The molecule has 0 bridgehead atoms. The molecule has 0 spiro atoms. The highest BCUT2D eigenvalue weighted by Gasteiger charge is 2.19. The third-order valence-electron chi connectivity index (χ3n) is 4.99. The number of nitrogens with one attached hydrogen (secondary N) is 1. The van der Waals surface area contributed by atoms with E-state index in [4.69, 9.17) is 21.1 Å². The fraction of sp³-hybridized carbons (Fsp3) is 0.435. The molecule has 0 saturated carbocycles. The molecule has 2 aromatic rings. The summed E-state index contributed by atoms with van der Waals surface area (Å²) in [7, 11) is 0. The average Bonchev–Trinajstić information content (AvgIpc) is 3.14. The molecule has 0 aromatic heterocycles.